The lowest BCUT2D eigenvalue weighted by atomic mass is 10.1. The van der Waals surface area contributed by atoms with Gasteiger partial charge in [-0.05, 0) is 42.2 Å². The van der Waals surface area contributed by atoms with E-state index in [-0.39, 0.29) is 12.3 Å². The molecule has 0 spiro atoms. The second-order valence-corrected chi connectivity index (χ2v) is 6.95. The lowest BCUT2D eigenvalue weighted by Gasteiger charge is -2.18. The third-order valence-electron chi connectivity index (χ3n) is 5.08. The molecule has 1 aliphatic heterocycles. The number of hydrogen-bond acceptors (Lipinski definition) is 5. The summed E-state index contributed by atoms with van der Waals surface area (Å²) in [5.41, 5.74) is 2.07. The molecule has 150 valence electrons. The third kappa shape index (κ3) is 4.68. The Morgan fingerprint density at radius 1 is 1.07 bits per heavy atom. The Hall–Kier alpha value is -2.89. The number of hydrogen-bond donors (Lipinski definition) is 1. The van der Waals surface area contributed by atoms with Crippen molar-refractivity contribution in [3.05, 3.63) is 48.0 Å². The van der Waals surface area contributed by atoms with Gasteiger partial charge in [-0.25, -0.2) is 0 Å². The van der Waals surface area contributed by atoms with Gasteiger partial charge in [0, 0.05) is 25.3 Å². The molecule has 0 aromatic heterocycles. The van der Waals surface area contributed by atoms with Crippen LogP contribution in [0.4, 0.5) is 5.69 Å². The molecule has 1 aliphatic rings. The molecule has 0 aliphatic carbocycles. The topological polar surface area (TPSA) is 60.0 Å². The van der Waals surface area contributed by atoms with Crippen LogP contribution in [0.15, 0.2) is 42.5 Å². The molecule has 0 saturated carbocycles. The van der Waals surface area contributed by atoms with Crippen molar-refractivity contribution in [2.24, 2.45) is 5.92 Å². The predicted molar refractivity (Wildman–Crippen MR) is 110 cm³/mol. The Kier molecular flexibility index (Phi) is 6.63. The Bertz CT molecular complexity index is 769. The van der Waals surface area contributed by atoms with Gasteiger partial charge < -0.3 is 24.4 Å². The van der Waals surface area contributed by atoms with Crippen LogP contribution in [-0.2, 0) is 11.2 Å². The first kappa shape index (κ1) is 19.9. The minimum atomic E-state index is -0.00701. The van der Waals surface area contributed by atoms with Gasteiger partial charge in [0.05, 0.1) is 27.8 Å². The van der Waals surface area contributed by atoms with Gasteiger partial charge in [-0.1, -0.05) is 18.2 Å². The van der Waals surface area contributed by atoms with E-state index in [1.165, 1.54) is 5.69 Å². The van der Waals surface area contributed by atoms with E-state index in [9.17, 15) is 4.79 Å². The van der Waals surface area contributed by atoms with Crippen LogP contribution in [0.2, 0.25) is 0 Å². The molecule has 2 aromatic rings. The van der Waals surface area contributed by atoms with E-state index in [1.54, 1.807) is 21.3 Å². The van der Waals surface area contributed by atoms with E-state index >= 15 is 0 Å². The molecule has 1 saturated heterocycles. The van der Waals surface area contributed by atoms with Crippen molar-refractivity contribution in [1.82, 2.24) is 5.32 Å². The minimum absolute atomic E-state index is 0.00701. The van der Waals surface area contributed by atoms with E-state index in [4.69, 9.17) is 14.2 Å². The number of methoxy groups -OCH3 is 3. The molecule has 28 heavy (non-hydrogen) atoms. The minimum Gasteiger partial charge on any atom is -0.493 e. The number of nitrogens with zero attached hydrogens (tertiary/aromatic N) is 1. The van der Waals surface area contributed by atoms with E-state index < -0.39 is 0 Å². The first-order chi connectivity index (χ1) is 13.6. The number of nitrogens with one attached hydrogen (secondary N) is 1. The van der Waals surface area contributed by atoms with E-state index in [0.717, 1.165) is 25.1 Å². The molecule has 3 rings (SSSR count). The summed E-state index contributed by atoms with van der Waals surface area (Å²) in [5.74, 6) is 2.09. The van der Waals surface area contributed by atoms with Gasteiger partial charge in [0.25, 0.3) is 0 Å². The van der Waals surface area contributed by atoms with Gasteiger partial charge in [-0.3, -0.25) is 4.79 Å². The van der Waals surface area contributed by atoms with E-state index in [0.29, 0.717) is 29.7 Å². The zero-order chi connectivity index (χ0) is 19.9. The summed E-state index contributed by atoms with van der Waals surface area (Å²) < 4.78 is 16.0. The zero-order valence-corrected chi connectivity index (χ0v) is 16.7. The van der Waals surface area contributed by atoms with Gasteiger partial charge >= 0.3 is 0 Å². The van der Waals surface area contributed by atoms with Crippen LogP contribution in [0, 0.1) is 5.92 Å². The monoisotopic (exact) mass is 384 g/mol. The SMILES string of the molecule is COc1cc(CC(=O)NCC2CCN(c3ccccc3)C2)cc(OC)c1OC. The lowest BCUT2D eigenvalue weighted by molar-refractivity contribution is -0.120. The van der Waals surface area contributed by atoms with Crippen molar-refractivity contribution in [2.45, 2.75) is 12.8 Å². The van der Waals surface area contributed by atoms with Crippen molar-refractivity contribution < 1.29 is 19.0 Å². The number of carbonyl (C=O) groups is 1. The first-order valence-corrected chi connectivity index (χ1v) is 9.50. The molecule has 1 atom stereocenters. The number of para-hydroxylation sites is 1. The van der Waals surface area contributed by atoms with Crippen molar-refractivity contribution in [3.8, 4) is 17.2 Å². The largest absolute Gasteiger partial charge is 0.493 e. The zero-order valence-electron chi connectivity index (χ0n) is 16.7. The van der Waals surface area contributed by atoms with Crippen LogP contribution in [0.25, 0.3) is 0 Å². The average Bonchev–Trinajstić information content (AvgIpc) is 3.21. The number of amides is 1. The maximum absolute atomic E-state index is 12.4. The van der Waals surface area contributed by atoms with Gasteiger partial charge in [-0.15, -0.1) is 0 Å². The average molecular weight is 384 g/mol. The number of benzene rings is 2. The number of anilines is 1. The summed E-state index contributed by atoms with van der Waals surface area (Å²) >= 11 is 0. The summed E-state index contributed by atoms with van der Waals surface area (Å²) in [6.45, 7) is 2.68. The van der Waals surface area contributed by atoms with Crippen LogP contribution in [0.5, 0.6) is 17.2 Å². The highest BCUT2D eigenvalue weighted by atomic mass is 16.5. The first-order valence-electron chi connectivity index (χ1n) is 9.50. The molecule has 2 aromatic carbocycles. The molecule has 1 fully saturated rings. The van der Waals surface area contributed by atoms with Gasteiger partial charge in [0.1, 0.15) is 0 Å². The van der Waals surface area contributed by atoms with Crippen LogP contribution in [-0.4, -0.2) is 46.9 Å². The fourth-order valence-corrected chi connectivity index (χ4v) is 3.62. The van der Waals surface area contributed by atoms with Crippen LogP contribution in [0.1, 0.15) is 12.0 Å². The highest BCUT2D eigenvalue weighted by Gasteiger charge is 2.23. The lowest BCUT2D eigenvalue weighted by Crippen LogP contribution is -2.32. The van der Waals surface area contributed by atoms with Crippen molar-refractivity contribution >= 4 is 11.6 Å². The second kappa shape index (κ2) is 9.35. The molecule has 6 nitrogen and oxygen atoms in total. The Morgan fingerprint density at radius 3 is 2.36 bits per heavy atom. The molecular weight excluding hydrogens is 356 g/mol. The molecule has 0 radical (unpaired) electrons. The summed E-state index contributed by atoms with van der Waals surface area (Å²) in [6, 6.07) is 14.0. The Labute approximate surface area is 166 Å². The summed E-state index contributed by atoms with van der Waals surface area (Å²) in [6.07, 6.45) is 1.35. The van der Waals surface area contributed by atoms with Crippen molar-refractivity contribution in [2.75, 3.05) is 45.9 Å². The fourth-order valence-electron chi connectivity index (χ4n) is 3.62. The Balaban J connectivity index is 1.54. The quantitative estimate of drug-likeness (QED) is 0.758. The fraction of sp³-hybridized carbons (Fsp3) is 0.409. The summed E-state index contributed by atoms with van der Waals surface area (Å²) in [7, 11) is 4.70. The molecule has 1 N–H and O–H groups in total. The molecule has 0 bridgehead atoms. The Morgan fingerprint density at radius 2 is 1.75 bits per heavy atom. The van der Waals surface area contributed by atoms with Gasteiger partial charge in [0.2, 0.25) is 11.7 Å². The van der Waals surface area contributed by atoms with Gasteiger partial charge in [0.15, 0.2) is 11.5 Å². The molecule has 1 unspecified atom stereocenters. The number of ether oxygens (including phenoxy) is 3. The van der Waals surface area contributed by atoms with Crippen molar-refractivity contribution in [3.63, 3.8) is 0 Å². The van der Waals surface area contributed by atoms with Gasteiger partial charge in [-0.2, -0.15) is 0 Å². The maximum Gasteiger partial charge on any atom is 0.224 e. The van der Waals surface area contributed by atoms with Crippen LogP contribution >= 0.6 is 0 Å². The molecule has 1 amide bonds. The molecular formula is C22H28N2O4. The van der Waals surface area contributed by atoms with Crippen LogP contribution in [0.3, 0.4) is 0 Å². The predicted octanol–water partition coefficient (Wildman–Crippen LogP) is 2.90. The third-order valence-corrected chi connectivity index (χ3v) is 5.08. The van der Waals surface area contributed by atoms with Crippen molar-refractivity contribution in [1.29, 1.82) is 0 Å². The van der Waals surface area contributed by atoms with E-state index in [2.05, 4.69) is 34.5 Å². The molecule has 1 heterocycles. The smallest absolute Gasteiger partial charge is 0.224 e. The van der Waals surface area contributed by atoms with E-state index in [1.807, 2.05) is 18.2 Å². The van der Waals surface area contributed by atoms with Crippen LogP contribution < -0.4 is 24.4 Å². The number of rotatable bonds is 8. The summed E-state index contributed by atoms with van der Waals surface area (Å²) in [5, 5.41) is 3.07. The summed E-state index contributed by atoms with van der Waals surface area (Å²) in [4.78, 5) is 14.8. The molecule has 6 heteroatoms. The normalized spacial score (nSPS) is 16.0. The maximum atomic E-state index is 12.4. The second-order valence-electron chi connectivity index (χ2n) is 6.95. The highest BCUT2D eigenvalue weighted by molar-refractivity contribution is 5.79. The number of carbonyl (C=O) groups excluding carboxylic acids is 1. The highest BCUT2D eigenvalue weighted by Crippen LogP contribution is 2.38. The standard InChI is InChI=1S/C22H28N2O4/c1-26-19-11-17(12-20(27-2)22(19)28-3)13-21(25)23-14-16-9-10-24(15-16)18-7-5-4-6-8-18/h4-8,11-12,16H,9-10,13-15H2,1-3H3,(H,23,25).